The van der Waals surface area contributed by atoms with Crippen LogP contribution in [0.25, 0.3) is 0 Å². The lowest BCUT2D eigenvalue weighted by molar-refractivity contribution is 0.797. The van der Waals surface area contributed by atoms with Crippen LogP contribution in [0.3, 0.4) is 0 Å². The van der Waals surface area contributed by atoms with E-state index in [9.17, 15) is 4.79 Å². The van der Waals surface area contributed by atoms with Gasteiger partial charge in [-0.1, -0.05) is 6.07 Å². The lowest BCUT2D eigenvalue weighted by atomic mass is 10.1. The number of hydrogen-bond acceptors (Lipinski definition) is 2. The Balaban J connectivity index is 3.20. The first-order valence-corrected chi connectivity index (χ1v) is 3.56. The van der Waals surface area contributed by atoms with Crippen molar-refractivity contribution >= 4 is 0 Å². The molecule has 1 rings (SSSR count). The van der Waals surface area contributed by atoms with Gasteiger partial charge in [0.05, 0.1) is 0 Å². The molecule has 0 aromatic carbocycles. The molecule has 3 nitrogen and oxygen atoms in total. The van der Waals surface area contributed by atoms with E-state index in [1.165, 1.54) is 6.07 Å². The number of aromatic amines is 1. The highest BCUT2D eigenvalue weighted by molar-refractivity contribution is 5.21. The average Bonchev–Trinajstić information content (AvgIpc) is 1.85. The van der Waals surface area contributed by atoms with Gasteiger partial charge in [-0.3, -0.25) is 4.79 Å². The second kappa shape index (κ2) is 2.88. The van der Waals surface area contributed by atoms with Crippen LogP contribution in [0.5, 0.6) is 0 Å². The maximum Gasteiger partial charge on any atom is 0.248 e. The van der Waals surface area contributed by atoms with Crippen LogP contribution < -0.4 is 11.3 Å². The van der Waals surface area contributed by atoms with Crippen LogP contribution in [0.2, 0.25) is 0 Å². The van der Waals surface area contributed by atoms with E-state index in [-0.39, 0.29) is 11.6 Å². The summed E-state index contributed by atoms with van der Waals surface area (Å²) >= 11 is 0. The molecule has 3 heteroatoms. The van der Waals surface area contributed by atoms with Crippen molar-refractivity contribution in [2.75, 3.05) is 0 Å². The molecule has 0 saturated carbocycles. The van der Waals surface area contributed by atoms with Gasteiger partial charge in [-0.2, -0.15) is 0 Å². The fraction of sp³-hybridized carbons (Fsp3) is 0.375. The molecule has 60 valence electrons. The summed E-state index contributed by atoms with van der Waals surface area (Å²) < 4.78 is 0. The van der Waals surface area contributed by atoms with Crippen LogP contribution in [0.1, 0.15) is 24.2 Å². The molecule has 0 aliphatic carbocycles. The summed E-state index contributed by atoms with van der Waals surface area (Å²) in [5.41, 5.74) is 7.41. The normalized spacial score (nSPS) is 13.0. The Morgan fingerprint density at radius 3 is 2.64 bits per heavy atom. The number of aryl methyl sites for hydroxylation is 1. The number of H-pyrrole nitrogens is 1. The number of nitrogens with one attached hydrogen (secondary N) is 1. The minimum Gasteiger partial charge on any atom is -0.326 e. The van der Waals surface area contributed by atoms with Crippen LogP contribution in [-0.4, -0.2) is 4.98 Å². The quantitative estimate of drug-likeness (QED) is 0.622. The Morgan fingerprint density at radius 1 is 1.55 bits per heavy atom. The summed E-state index contributed by atoms with van der Waals surface area (Å²) in [6.07, 6.45) is 0. The summed E-state index contributed by atoms with van der Waals surface area (Å²) in [5, 5.41) is 0. The Kier molecular flexibility index (Phi) is 2.10. The van der Waals surface area contributed by atoms with Gasteiger partial charge in [-0.05, 0) is 19.4 Å². The van der Waals surface area contributed by atoms with Gasteiger partial charge in [0, 0.05) is 17.8 Å². The molecule has 0 aliphatic heterocycles. The molecule has 0 radical (unpaired) electrons. The van der Waals surface area contributed by atoms with Gasteiger partial charge in [0.2, 0.25) is 5.56 Å². The molecule has 3 N–H and O–H groups in total. The van der Waals surface area contributed by atoms with Gasteiger partial charge < -0.3 is 10.7 Å². The van der Waals surface area contributed by atoms with Gasteiger partial charge in [0.1, 0.15) is 0 Å². The zero-order chi connectivity index (χ0) is 8.43. The Bertz CT molecular complexity index is 301. The molecule has 0 bridgehead atoms. The Labute approximate surface area is 65.2 Å². The highest BCUT2D eigenvalue weighted by atomic mass is 16.1. The lowest BCUT2D eigenvalue weighted by Crippen LogP contribution is -2.13. The van der Waals surface area contributed by atoms with E-state index in [0.29, 0.717) is 0 Å². The van der Waals surface area contributed by atoms with Crippen molar-refractivity contribution in [2.24, 2.45) is 5.73 Å². The first-order valence-electron chi connectivity index (χ1n) is 3.56. The fourth-order valence-corrected chi connectivity index (χ4v) is 1.08. The van der Waals surface area contributed by atoms with Crippen molar-refractivity contribution in [3.63, 3.8) is 0 Å². The number of nitrogens with two attached hydrogens (primary N) is 1. The second-order valence-corrected chi connectivity index (χ2v) is 2.69. The van der Waals surface area contributed by atoms with Crippen LogP contribution in [-0.2, 0) is 0 Å². The number of hydrogen-bond donors (Lipinski definition) is 2. The molecular weight excluding hydrogens is 140 g/mol. The number of pyridine rings is 1. The summed E-state index contributed by atoms with van der Waals surface area (Å²) in [6.45, 7) is 3.74. The van der Waals surface area contributed by atoms with E-state index >= 15 is 0 Å². The summed E-state index contributed by atoms with van der Waals surface area (Å²) in [6, 6.07) is 3.23. The Hall–Kier alpha value is -1.09. The number of rotatable bonds is 1. The third-order valence-corrected chi connectivity index (χ3v) is 1.65. The molecule has 0 amide bonds. The molecule has 1 heterocycles. The highest BCUT2D eigenvalue weighted by Gasteiger charge is 2.02. The predicted molar refractivity (Wildman–Crippen MR) is 44.4 cm³/mol. The molecular formula is C8H12N2O. The van der Waals surface area contributed by atoms with E-state index in [0.717, 1.165) is 11.3 Å². The smallest absolute Gasteiger partial charge is 0.248 e. The standard InChI is InChI=1S/C8H12N2O/c1-5(9)7-3-4-8(11)10-6(7)2/h3-5H,9H2,1-2H3,(H,10,11). The lowest BCUT2D eigenvalue weighted by Gasteiger charge is -2.07. The van der Waals surface area contributed by atoms with E-state index in [2.05, 4.69) is 4.98 Å². The molecule has 11 heavy (non-hydrogen) atoms. The van der Waals surface area contributed by atoms with Gasteiger partial charge in [0.25, 0.3) is 0 Å². The van der Waals surface area contributed by atoms with Crippen molar-refractivity contribution in [1.29, 1.82) is 0 Å². The highest BCUT2D eigenvalue weighted by Crippen LogP contribution is 2.09. The second-order valence-electron chi connectivity index (χ2n) is 2.69. The van der Waals surface area contributed by atoms with Crippen molar-refractivity contribution < 1.29 is 0 Å². The predicted octanol–water partition coefficient (Wildman–Crippen LogP) is 0.703. The monoisotopic (exact) mass is 152 g/mol. The maximum absolute atomic E-state index is 10.8. The van der Waals surface area contributed by atoms with Crippen LogP contribution in [0.4, 0.5) is 0 Å². The molecule has 0 spiro atoms. The van der Waals surface area contributed by atoms with E-state index < -0.39 is 0 Å². The zero-order valence-corrected chi connectivity index (χ0v) is 6.72. The molecule has 1 aromatic heterocycles. The minimum absolute atomic E-state index is 0.0214. The Morgan fingerprint density at radius 2 is 2.18 bits per heavy atom. The molecule has 0 aliphatic rings. The third kappa shape index (κ3) is 1.68. The van der Waals surface area contributed by atoms with E-state index in [1.807, 2.05) is 13.8 Å². The molecule has 0 saturated heterocycles. The fourth-order valence-electron chi connectivity index (χ4n) is 1.08. The van der Waals surface area contributed by atoms with Crippen LogP contribution >= 0.6 is 0 Å². The SMILES string of the molecule is Cc1[nH]c(=O)ccc1C(C)N. The van der Waals surface area contributed by atoms with Crippen LogP contribution in [0.15, 0.2) is 16.9 Å². The third-order valence-electron chi connectivity index (χ3n) is 1.65. The topological polar surface area (TPSA) is 58.9 Å². The van der Waals surface area contributed by atoms with Gasteiger partial charge >= 0.3 is 0 Å². The average molecular weight is 152 g/mol. The minimum atomic E-state index is -0.0769. The summed E-state index contributed by atoms with van der Waals surface area (Å²) in [7, 11) is 0. The maximum atomic E-state index is 10.8. The van der Waals surface area contributed by atoms with Crippen molar-refractivity contribution in [1.82, 2.24) is 4.98 Å². The van der Waals surface area contributed by atoms with Crippen molar-refractivity contribution in [2.45, 2.75) is 19.9 Å². The first kappa shape index (κ1) is 8.01. The summed E-state index contributed by atoms with van der Waals surface area (Å²) in [5.74, 6) is 0. The molecule has 1 unspecified atom stereocenters. The van der Waals surface area contributed by atoms with E-state index in [4.69, 9.17) is 5.73 Å². The zero-order valence-electron chi connectivity index (χ0n) is 6.72. The van der Waals surface area contributed by atoms with Gasteiger partial charge in [-0.25, -0.2) is 0 Å². The van der Waals surface area contributed by atoms with Crippen LogP contribution in [0, 0.1) is 6.92 Å². The van der Waals surface area contributed by atoms with Crippen molar-refractivity contribution in [3.8, 4) is 0 Å². The largest absolute Gasteiger partial charge is 0.326 e. The van der Waals surface area contributed by atoms with Gasteiger partial charge in [-0.15, -0.1) is 0 Å². The molecule has 1 aromatic rings. The van der Waals surface area contributed by atoms with E-state index in [1.54, 1.807) is 6.07 Å². The molecule has 0 fully saturated rings. The summed E-state index contributed by atoms with van der Waals surface area (Å²) in [4.78, 5) is 13.5. The molecule has 1 atom stereocenters. The van der Waals surface area contributed by atoms with Crippen molar-refractivity contribution in [3.05, 3.63) is 33.7 Å². The first-order chi connectivity index (χ1) is 5.11. The van der Waals surface area contributed by atoms with Gasteiger partial charge in [0.15, 0.2) is 0 Å². The number of aromatic nitrogens is 1.